The van der Waals surface area contributed by atoms with Crippen molar-refractivity contribution < 1.29 is 24.1 Å². The molecule has 4 nitrogen and oxygen atoms in total. The molecule has 0 aliphatic carbocycles. The number of ether oxygens (including phenoxy) is 2. The Hall–Kier alpha value is -1.01. The minimum absolute atomic E-state index is 0.0347. The molecule has 2 rings (SSSR count). The summed E-state index contributed by atoms with van der Waals surface area (Å²) in [6.45, 7) is -0.0843. The summed E-state index contributed by atoms with van der Waals surface area (Å²) in [5.41, 5.74) is 0.904. The van der Waals surface area contributed by atoms with E-state index in [-0.39, 0.29) is 19.6 Å². The van der Waals surface area contributed by atoms with Gasteiger partial charge in [0.15, 0.2) is 6.29 Å². The minimum Gasteiger partial charge on any atom is -0.394 e. The molecule has 1 aliphatic heterocycles. The van der Waals surface area contributed by atoms with Gasteiger partial charge in [-0.05, 0) is 5.56 Å². The molecule has 0 amide bonds. The highest BCUT2D eigenvalue weighted by Crippen LogP contribution is 2.24. The van der Waals surface area contributed by atoms with Gasteiger partial charge in [0, 0.05) is 6.42 Å². The Morgan fingerprint density at radius 3 is 2.67 bits per heavy atom. The summed E-state index contributed by atoms with van der Waals surface area (Å²) < 4.78 is 24.2. The number of benzene rings is 1. The van der Waals surface area contributed by atoms with E-state index < -0.39 is 24.7 Å². The molecule has 1 saturated heterocycles. The molecule has 0 spiro atoms. The third kappa shape index (κ3) is 3.26. The number of hydrogen-bond donors (Lipinski definition) is 2. The largest absolute Gasteiger partial charge is 0.394 e. The second-order valence-corrected chi connectivity index (χ2v) is 4.34. The molecular formula is C13H17FO4. The maximum absolute atomic E-state index is 13.8. The van der Waals surface area contributed by atoms with Gasteiger partial charge in [-0.2, -0.15) is 0 Å². The van der Waals surface area contributed by atoms with Gasteiger partial charge >= 0.3 is 0 Å². The first-order chi connectivity index (χ1) is 8.70. The smallest absolute Gasteiger partial charge is 0.184 e. The van der Waals surface area contributed by atoms with Gasteiger partial charge in [0.05, 0.1) is 19.3 Å². The number of halogens is 1. The molecule has 1 aromatic carbocycles. The number of aliphatic hydroxyl groups is 2. The summed E-state index contributed by atoms with van der Waals surface area (Å²) >= 11 is 0. The van der Waals surface area contributed by atoms with Crippen molar-refractivity contribution in [2.75, 3.05) is 6.61 Å². The van der Waals surface area contributed by atoms with Crippen LogP contribution >= 0.6 is 0 Å². The molecule has 1 fully saturated rings. The number of alkyl halides is 1. The van der Waals surface area contributed by atoms with Crippen LogP contribution in [0.1, 0.15) is 12.0 Å². The molecule has 18 heavy (non-hydrogen) atoms. The van der Waals surface area contributed by atoms with Gasteiger partial charge in [0.1, 0.15) is 12.3 Å². The van der Waals surface area contributed by atoms with E-state index in [1.54, 1.807) is 0 Å². The number of rotatable bonds is 4. The van der Waals surface area contributed by atoms with Crippen LogP contribution in [0.5, 0.6) is 0 Å². The summed E-state index contributed by atoms with van der Waals surface area (Å²) in [6.07, 6.45) is -4.31. The number of hydrogen-bond acceptors (Lipinski definition) is 4. The first-order valence-electron chi connectivity index (χ1n) is 5.94. The lowest BCUT2D eigenvalue weighted by atomic mass is 10.0. The average molecular weight is 256 g/mol. The zero-order valence-corrected chi connectivity index (χ0v) is 9.91. The molecule has 2 N–H and O–H groups in total. The van der Waals surface area contributed by atoms with Gasteiger partial charge in [0.2, 0.25) is 0 Å². The summed E-state index contributed by atoms with van der Waals surface area (Å²) in [4.78, 5) is 0. The van der Waals surface area contributed by atoms with Crippen molar-refractivity contribution in [3.8, 4) is 0 Å². The molecule has 1 heterocycles. The van der Waals surface area contributed by atoms with E-state index in [4.69, 9.17) is 14.6 Å². The van der Waals surface area contributed by atoms with Gasteiger partial charge in [-0.3, -0.25) is 0 Å². The first kappa shape index (κ1) is 13.4. The molecule has 0 radical (unpaired) electrons. The quantitative estimate of drug-likeness (QED) is 0.844. The zero-order valence-electron chi connectivity index (χ0n) is 9.91. The minimum atomic E-state index is -1.34. The summed E-state index contributed by atoms with van der Waals surface area (Å²) in [6, 6.07) is 9.33. The van der Waals surface area contributed by atoms with Crippen LogP contribution < -0.4 is 0 Å². The van der Waals surface area contributed by atoms with Crippen LogP contribution in [0.3, 0.4) is 0 Å². The third-order valence-corrected chi connectivity index (χ3v) is 2.95. The Morgan fingerprint density at radius 1 is 1.33 bits per heavy atom. The topological polar surface area (TPSA) is 58.9 Å². The van der Waals surface area contributed by atoms with Crippen molar-refractivity contribution in [2.45, 2.75) is 37.7 Å². The van der Waals surface area contributed by atoms with Crippen molar-refractivity contribution in [3.05, 3.63) is 35.9 Å². The van der Waals surface area contributed by atoms with E-state index in [1.807, 2.05) is 30.3 Å². The molecule has 5 heteroatoms. The van der Waals surface area contributed by atoms with Crippen LogP contribution in [0.25, 0.3) is 0 Å². The molecule has 1 aromatic rings. The highest BCUT2D eigenvalue weighted by Gasteiger charge is 2.38. The lowest BCUT2D eigenvalue weighted by Gasteiger charge is -2.35. The van der Waals surface area contributed by atoms with Crippen molar-refractivity contribution in [2.24, 2.45) is 0 Å². The normalized spacial score (nSPS) is 32.4. The predicted octanol–water partition coefficient (Wildman–Crippen LogP) is 1.01. The van der Waals surface area contributed by atoms with E-state index in [0.717, 1.165) is 5.56 Å². The first-order valence-corrected chi connectivity index (χ1v) is 5.94. The second kappa shape index (κ2) is 6.24. The highest BCUT2D eigenvalue weighted by molar-refractivity contribution is 5.13. The zero-order chi connectivity index (χ0) is 13.0. The molecule has 0 unspecified atom stereocenters. The van der Waals surface area contributed by atoms with Crippen molar-refractivity contribution in [3.63, 3.8) is 0 Å². The van der Waals surface area contributed by atoms with Crippen molar-refractivity contribution >= 4 is 0 Å². The maximum atomic E-state index is 13.8. The van der Waals surface area contributed by atoms with Crippen LogP contribution in [0, 0.1) is 0 Å². The lowest BCUT2D eigenvalue weighted by molar-refractivity contribution is -0.256. The Morgan fingerprint density at radius 2 is 2.06 bits per heavy atom. The van der Waals surface area contributed by atoms with E-state index >= 15 is 0 Å². The fourth-order valence-electron chi connectivity index (χ4n) is 1.97. The second-order valence-electron chi connectivity index (χ2n) is 4.34. The molecule has 100 valence electrons. The van der Waals surface area contributed by atoms with Crippen LogP contribution in [0.4, 0.5) is 4.39 Å². The van der Waals surface area contributed by atoms with E-state index in [9.17, 15) is 9.50 Å². The standard InChI is InChI=1S/C13H17FO4/c14-11-6-10(7-15)18-13(16)12(11)17-8-9-4-2-1-3-5-9/h1-5,10-13,15-16H,6-8H2/t10-,11+,12+,13-/m1/s1. The fraction of sp³-hybridized carbons (Fsp3) is 0.538. The molecule has 1 aliphatic rings. The van der Waals surface area contributed by atoms with Crippen LogP contribution in [0.2, 0.25) is 0 Å². The highest BCUT2D eigenvalue weighted by atomic mass is 19.1. The van der Waals surface area contributed by atoms with Crippen molar-refractivity contribution in [1.29, 1.82) is 0 Å². The third-order valence-electron chi connectivity index (χ3n) is 2.95. The van der Waals surface area contributed by atoms with Crippen molar-refractivity contribution in [1.82, 2.24) is 0 Å². The van der Waals surface area contributed by atoms with Gasteiger partial charge in [-0.1, -0.05) is 30.3 Å². The molecule has 0 bridgehead atoms. The molecule has 0 saturated carbocycles. The fourth-order valence-corrected chi connectivity index (χ4v) is 1.97. The maximum Gasteiger partial charge on any atom is 0.184 e. The van der Waals surface area contributed by atoms with Crippen LogP contribution in [0.15, 0.2) is 30.3 Å². The van der Waals surface area contributed by atoms with E-state index in [1.165, 1.54) is 0 Å². The monoisotopic (exact) mass is 256 g/mol. The Bertz CT molecular complexity index is 347. The van der Waals surface area contributed by atoms with Gasteiger partial charge < -0.3 is 19.7 Å². The molecule has 4 atom stereocenters. The lowest BCUT2D eigenvalue weighted by Crippen LogP contribution is -2.48. The van der Waals surface area contributed by atoms with Crippen LogP contribution in [-0.4, -0.2) is 41.5 Å². The van der Waals surface area contributed by atoms with Gasteiger partial charge in [-0.15, -0.1) is 0 Å². The van der Waals surface area contributed by atoms with E-state index in [2.05, 4.69) is 0 Å². The Labute approximate surface area is 105 Å². The van der Waals surface area contributed by atoms with Gasteiger partial charge in [0.25, 0.3) is 0 Å². The summed E-state index contributed by atoms with van der Waals surface area (Å²) in [5.74, 6) is 0. The Kier molecular flexibility index (Phi) is 4.66. The number of aliphatic hydroxyl groups excluding tert-OH is 2. The van der Waals surface area contributed by atoms with Gasteiger partial charge in [-0.25, -0.2) is 4.39 Å². The molecular weight excluding hydrogens is 239 g/mol. The SMILES string of the molecule is OC[C@H]1C[C@H](F)[C@H](OCc2ccccc2)[C@H](O)O1. The predicted molar refractivity (Wildman–Crippen MR) is 62.5 cm³/mol. The molecule has 0 aromatic heterocycles. The van der Waals surface area contributed by atoms with E-state index in [0.29, 0.717) is 0 Å². The van der Waals surface area contributed by atoms with Crippen LogP contribution in [-0.2, 0) is 16.1 Å². The summed E-state index contributed by atoms with van der Waals surface area (Å²) in [7, 11) is 0. The Balaban J connectivity index is 1.89. The average Bonchev–Trinajstić information content (AvgIpc) is 2.38. The summed E-state index contributed by atoms with van der Waals surface area (Å²) in [5, 5.41) is 18.5.